The molecule has 1 aliphatic carbocycles. The lowest BCUT2D eigenvalue weighted by Gasteiger charge is -2.42. The second-order valence-corrected chi connectivity index (χ2v) is 5.08. The Balaban J connectivity index is 2.53. The van der Waals surface area contributed by atoms with Gasteiger partial charge in [0.15, 0.2) is 0 Å². The number of methoxy groups -OCH3 is 1. The topological polar surface area (TPSA) is 29.5 Å². The highest BCUT2D eigenvalue weighted by atomic mass is 16.5. The van der Waals surface area contributed by atoms with Gasteiger partial charge in [-0.3, -0.25) is 0 Å². The maximum atomic E-state index is 10.3. The first-order valence-electron chi connectivity index (χ1n) is 6.31. The van der Waals surface area contributed by atoms with Crippen LogP contribution in [-0.4, -0.2) is 23.9 Å². The lowest BCUT2D eigenvalue weighted by Crippen LogP contribution is -2.47. The number of hydrogen-bond donors (Lipinski definition) is 1. The number of terminal acetylenes is 1. The quantitative estimate of drug-likeness (QED) is 0.575. The van der Waals surface area contributed by atoms with E-state index in [0.717, 1.165) is 38.5 Å². The summed E-state index contributed by atoms with van der Waals surface area (Å²) >= 11 is 0. The van der Waals surface area contributed by atoms with Crippen LogP contribution in [0.5, 0.6) is 0 Å². The molecule has 0 bridgehead atoms. The molecule has 0 spiro atoms. The van der Waals surface area contributed by atoms with E-state index >= 15 is 0 Å². The van der Waals surface area contributed by atoms with Crippen molar-refractivity contribution in [2.45, 2.75) is 63.6 Å². The van der Waals surface area contributed by atoms with Crippen molar-refractivity contribution in [3.8, 4) is 12.3 Å². The molecule has 0 aliphatic heterocycles. The van der Waals surface area contributed by atoms with Crippen molar-refractivity contribution < 1.29 is 9.84 Å². The molecule has 2 nitrogen and oxygen atoms in total. The Morgan fingerprint density at radius 3 is 2.94 bits per heavy atom. The second kappa shape index (κ2) is 6.27. The molecule has 3 atom stereocenters. The largest absolute Gasteiger partial charge is 0.390 e. The van der Waals surface area contributed by atoms with Crippen molar-refractivity contribution in [3.63, 3.8) is 0 Å². The minimum absolute atomic E-state index is 0.313. The zero-order chi connectivity index (χ0) is 12.0. The monoisotopic (exact) mass is 224 g/mol. The van der Waals surface area contributed by atoms with Crippen LogP contribution in [0.1, 0.15) is 51.9 Å². The second-order valence-electron chi connectivity index (χ2n) is 5.08. The SMILES string of the molecule is C#CCCCC(O)C1(OC)CCCC(C)C1. The Morgan fingerprint density at radius 1 is 1.62 bits per heavy atom. The van der Waals surface area contributed by atoms with Crippen molar-refractivity contribution in [2.24, 2.45) is 5.92 Å². The summed E-state index contributed by atoms with van der Waals surface area (Å²) in [5, 5.41) is 10.3. The third kappa shape index (κ3) is 3.23. The summed E-state index contributed by atoms with van der Waals surface area (Å²) in [7, 11) is 1.72. The number of hydrogen-bond acceptors (Lipinski definition) is 2. The Hall–Kier alpha value is -0.520. The van der Waals surface area contributed by atoms with Crippen molar-refractivity contribution >= 4 is 0 Å². The fraction of sp³-hybridized carbons (Fsp3) is 0.857. The van der Waals surface area contributed by atoms with Gasteiger partial charge in [0.05, 0.1) is 11.7 Å². The van der Waals surface area contributed by atoms with Crippen LogP contribution in [0.2, 0.25) is 0 Å². The average Bonchev–Trinajstić information content (AvgIpc) is 2.29. The van der Waals surface area contributed by atoms with Crippen LogP contribution in [0.25, 0.3) is 0 Å². The molecule has 0 radical (unpaired) electrons. The Bertz CT molecular complexity index is 244. The Kier molecular flexibility index (Phi) is 5.31. The minimum atomic E-state index is -0.367. The highest BCUT2D eigenvalue weighted by Gasteiger charge is 2.40. The summed E-state index contributed by atoms with van der Waals surface area (Å²) in [6.45, 7) is 2.24. The van der Waals surface area contributed by atoms with Gasteiger partial charge in [0.2, 0.25) is 0 Å². The summed E-state index contributed by atoms with van der Waals surface area (Å²) in [6, 6.07) is 0. The van der Waals surface area contributed by atoms with Crippen LogP contribution in [0.3, 0.4) is 0 Å². The molecule has 0 saturated heterocycles. The van der Waals surface area contributed by atoms with Crippen LogP contribution in [-0.2, 0) is 4.74 Å². The maximum Gasteiger partial charge on any atom is 0.0938 e. The van der Waals surface area contributed by atoms with Gasteiger partial charge in [-0.25, -0.2) is 0 Å². The highest BCUT2D eigenvalue weighted by molar-refractivity contribution is 4.93. The van der Waals surface area contributed by atoms with Crippen molar-refractivity contribution in [2.75, 3.05) is 7.11 Å². The molecular formula is C14H24O2. The molecule has 3 unspecified atom stereocenters. The lowest BCUT2D eigenvalue weighted by atomic mass is 9.74. The molecule has 2 heteroatoms. The molecule has 1 rings (SSSR count). The van der Waals surface area contributed by atoms with Gasteiger partial charge in [0, 0.05) is 13.5 Å². The van der Waals surface area contributed by atoms with E-state index in [1.807, 2.05) is 0 Å². The van der Waals surface area contributed by atoms with E-state index in [2.05, 4.69) is 12.8 Å². The van der Waals surface area contributed by atoms with Crippen molar-refractivity contribution in [1.82, 2.24) is 0 Å². The fourth-order valence-electron chi connectivity index (χ4n) is 2.83. The van der Waals surface area contributed by atoms with E-state index in [-0.39, 0.29) is 11.7 Å². The average molecular weight is 224 g/mol. The molecule has 0 aromatic rings. The van der Waals surface area contributed by atoms with Crippen LogP contribution < -0.4 is 0 Å². The summed E-state index contributed by atoms with van der Waals surface area (Å²) in [6.07, 6.45) is 11.6. The molecule has 0 aromatic heterocycles. The zero-order valence-corrected chi connectivity index (χ0v) is 10.5. The van der Waals surface area contributed by atoms with Crippen molar-refractivity contribution in [1.29, 1.82) is 0 Å². The van der Waals surface area contributed by atoms with E-state index in [9.17, 15) is 5.11 Å². The van der Waals surface area contributed by atoms with Gasteiger partial charge in [-0.05, 0) is 31.6 Å². The summed E-state index contributed by atoms with van der Waals surface area (Å²) in [4.78, 5) is 0. The maximum absolute atomic E-state index is 10.3. The minimum Gasteiger partial charge on any atom is -0.390 e. The van der Waals surface area contributed by atoms with E-state index in [0.29, 0.717) is 5.92 Å². The molecule has 1 aliphatic rings. The molecule has 1 N–H and O–H groups in total. The van der Waals surface area contributed by atoms with Gasteiger partial charge in [-0.1, -0.05) is 19.8 Å². The summed E-state index contributed by atoms with van der Waals surface area (Å²) in [5.74, 6) is 3.26. The number of ether oxygens (including phenoxy) is 1. The standard InChI is InChI=1S/C14H24O2/c1-4-5-6-9-13(15)14(16-3)10-7-8-12(2)11-14/h1,12-13,15H,5-11H2,2-3H3. The predicted octanol–water partition coefficient (Wildman–Crippen LogP) is 2.75. The summed E-state index contributed by atoms with van der Waals surface area (Å²) in [5.41, 5.74) is -0.313. The molecule has 16 heavy (non-hydrogen) atoms. The highest BCUT2D eigenvalue weighted by Crippen LogP contribution is 2.38. The van der Waals surface area contributed by atoms with Crippen molar-refractivity contribution in [3.05, 3.63) is 0 Å². The number of aliphatic hydroxyl groups excluding tert-OH is 1. The van der Waals surface area contributed by atoms with Gasteiger partial charge in [-0.15, -0.1) is 12.3 Å². The molecule has 0 amide bonds. The lowest BCUT2D eigenvalue weighted by molar-refractivity contribution is -0.134. The van der Waals surface area contributed by atoms with E-state index < -0.39 is 0 Å². The molecule has 1 fully saturated rings. The zero-order valence-electron chi connectivity index (χ0n) is 10.5. The first-order chi connectivity index (χ1) is 7.64. The number of aliphatic hydroxyl groups is 1. The Morgan fingerprint density at radius 2 is 2.38 bits per heavy atom. The normalized spacial score (nSPS) is 32.0. The van der Waals surface area contributed by atoms with Crippen LogP contribution >= 0.6 is 0 Å². The van der Waals surface area contributed by atoms with Gasteiger partial charge < -0.3 is 9.84 Å². The molecular weight excluding hydrogens is 200 g/mol. The fourth-order valence-corrected chi connectivity index (χ4v) is 2.83. The molecule has 1 saturated carbocycles. The van der Waals surface area contributed by atoms with E-state index in [4.69, 9.17) is 11.2 Å². The van der Waals surface area contributed by atoms with Crippen LogP contribution in [0.4, 0.5) is 0 Å². The first-order valence-corrected chi connectivity index (χ1v) is 6.31. The van der Waals surface area contributed by atoms with Gasteiger partial charge in [-0.2, -0.15) is 0 Å². The molecule has 92 valence electrons. The first kappa shape index (κ1) is 13.5. The van der Waals surface area contributed by atoms with Crippen LogP contribution in [0, 0.1) is 18.3 Å². The van der Waals surface area contributed by atoms with Gasteiger partial charge >= 0.3 is 0 Å². The third-order valence-corrected chi connectivity index (χ3v) is 3.80. The molecule has 0 heterocycles. The van der Waals surface area contributed by atoms with Gasteiger partial charge in [0.1, 0.15) is 0 Å². The number of unbranched alkanes of at least 4 members (excludes halogenated alkanes) is 1. The molecule has 0 aromatic carbocycles. The number of rotatable bonds is 5. The smallest absolute Gasteiger partial charge is 0.0938 e. The van der Waals surface area contributed by atoms with Crippen LogP contribution in [0.15, 0.2) is 0 Å². The predicted molar refractivity (Wildman–Crippen MR) is 66.1 cm³/mol. The third-order valence-electron chi connectivity index (χ3n) is 3.80. The summed E-state index contributed by atoms with van der Waals surface area (Å²) < 4.78 is 5.64. The van der Waals surface area contributed by atoms with E-state index in [1.54, 1.807) is 7.11 Å². The van der Waals surface area contributed by atoms with Gasteiger partial charge in [0.25, 0.3) is 0 Å². The Labute approximate surface area is 99.4 Å². The van der Waals surface area contributed by atoms with E-state index in [1.165, 1.54) is 6.42 Å².